The van der Waals surface area contributed by atoms with Crippen molar-refractivity contribution >= 4 is 0 Å². The average molecular weight is 415 g/mol. The molecule has 0 aromatic rings. The molecule has 10 unspecified atom stereocenters. The van der Waals surface area contributed by atoms with Crippen molar-refractivity contribution in [3.63, 3.8) is 0 Å². The van der Waals surface area contributed by atoms with Crippen LogP contribution in [0.15, 0.2) is 12.2 Å². The summed E-state index contributed by atoms with van der Waals surface area (Å²) >= 11 is 0. The van der Waals surface area contributed by atoms with Crippen molar-refractivity contribution in [1.29, 1.82) is 0 Å². The fourth-order valence-electron chi connectivity index (χ4n) is 9.26. The van der Waals surface area contributed by atoms with E-state index in [9.17, 15) is 5.11 Å². The van der Waals surface area contributed by atoms with E-state index in [4.69, 9.17) is 0 Å². The Balaban J connectivity index is 1.48. The fraction of sp³-hybridized carbons (Fsp3) is 0.931. The molecule has 172 valence electrons. The molecule has 4 aliphatic rings. The molecule has 1 heteroatoms. The number of aliphatic hydroxyl groups excluding tert-OH is 1. The van der Waals surface area contributed by atoms with Gasteiger partial charge in [-0.2, -0.15) is 0 Å². The minimum Gasteiger partial charge on any atom is -0.393 e. The van der Waals surface area contributed by atoms with E-state index in [2.05, 4.69) is 53.7 Å². The molecule has 0 aromatic heterocycles. The van der Waals surface area contributed by atoms with Gasteiger partial charge in [0.1, 0.15) is 0 Å². The second kappa shape index (κ2) is 8.57. The second-order valence-corrected chi connectivity index (χ2v) is 12.9. The quantitative estimate of drug-likeness (QED) is 0.438. The predicted molar refractivity (Wildman–Crippen MR) is 128 cm³/mol. The zero-order valence-corrected chi connectivity index (χ0v) is 20.9. The number of fused-ring (bicyclic) bond motifs is 5. The zero-order valence-electron chi connectivity index (χ0n) is 20.9. The molecule has 0 heterocycles. The molecule has 0 aliphatic heterocycles. The normalized spacial score (nSPS) is 47.5. The van der Waals surface area contributed by atoms with Gasteiger partial charge in [-0.3, -0.25) is 0 Å². The Morgan fingerprint density at radius 1 is 0.900 bits per heavy atom. The number of hydrogen-bond acceptors (Lipinski definition) is 1. The Kier molecular flexibility index (Phi) is 6.53. The van der Waals surface area contributed by atoms with E-state index in [0.717, 1.165) is 54.3 Å². The summed E-state index contributed by atoms with van der Waals surface area (Å²) in [5.41, 5.74) is 0.997. The summed E-state index contributed by atoms with van der Waals surface area (Å²) in [7, 11) is 0. The molecule has 0 spiro atoms. The first kappa shape index (κ1) is 22.9. The Morgan fingerprint density at radius 2 is 1.60 bits per heavy atom. The smallest absolute Gasteiger partial charge is 0.0546 e. The molecule has 30 heavy (non-hydrogen) atoms. The van der Waals surface area contributed by atoms with Gasteiger partial charge in [-0.05, 0) is 110 Å². The molecule has 4 rings (SSSR count). The largest absolute Gasteiger partial charge is 0.393 e. The molecular weight excluding hydrogens is 364 g/mol. The van der Waals surface area contributed by atoms with Crippen molar-refractivity contribution in [2.75, 3.05) is 0 Å². The Morgan fingerprint density at radius 3 is 2.30 bits per heavy atom. The minimum atomic E-state index is -0.0624. The highest BCUT2D eigenvalue weighted by molar-refractivity contribution is 5.18. The first-order chi connectivity index (χ1) is 14.2. The van der Waals surface area contributed by atoms with Crippen LogP contribution in [0.25, 0.3) is 0 Å². The van der Waals surface area contributed by atoms with Gasteiger partial charge < -0.3 is 5.11 Å². The number of aliphatic hydroxyl groups is 1. The average Bonchev–Trinajstić information content (AvgIpc) is 3.06. The molecule has 3 saturated carbocycles. The van der Waals surface area contributed by atoms with Crippen molar-refractivity contribution in [1.82, 2.24) is 0 Å². The van der Waals surface area contributed by atoms with E-state index in [1.54, 1.807) is 0 Å². The van der Waals surface area contributed by atoms with Gasteiger partial charge in [0.15, 0.2) is 0 Å². The lowest BCUT2D eigenvalue weighted by atomic mass is 9.46. The third-order valence-corrected chi connectivity index (χ3v) is 11.4. The highest BCUT2D eigenvalue weighted by atomic mass is 16.3. The highest BCUT2D eigenvalue weighted by Gasteiger charge is 2.59. The van der Waals surface area contributed by atoms with E-state index in [1.165, 1.54) is 51.4 Å². The molecule has 10 atom stereocenters. The molecule has 0 aromatic carbocycles. The number of hydrogen-bond donors (Lipinski definition) is 1. The molecular formula is C29H50O. The van der Waals surface area contributed by atoms with Crippen LogP contribution in [0.5, 0.6) is 0 Å². The van der Waals surface area contributed by atoms with Gasteiger partial charge in [0.05, 0.1) is 6.10 Å². The third kappa shape index (κ3) is 3.74. The van der Waals surface area contributed by atoms with Crippen LogP contribution >= 0.6 is 0 Å². The predicted octanol–water partition coefficient (Wildman–Crippen LogP) is 7.88. The first-order valence-corrected chi connectivity index (χ1v) is 13.6. The van der Waals surface area contributed by atoms with Crippen LogP contribution < -0.4 is 0 Å². The maximum Gasteiger partial charge on any atom is 0.0546 e. The molecule has 0 bridgehead atoms. The monoisotopic (exact) mass is 414 g/mol. The summed E-state index contributed by atoms with van der Waals surface area (Å²) in [5.74, 6) is 6.73. The fourth-order valence-corrected chi connectivity index (χ4v) is 9.26. The number of allylic oxidation sites excluding steroid dienone is 2. The van der Waals surface area contributed by atoms with Gasteiger partial charge in [0.25, 0.3) is 0 Å². The standard InChI is InChI=1S/C29H50O/c1-7-21(19(2)3)9-8-20(4)25-12-13-26-24-11-10-22-18-23(30)14-16-28(22,5)27(24)15-17-29(25,26)6/h10-11,19-27,30H,7-9,12-18H2,1-6H3. The van der Waals surface area contributed by atoms with Crippen LogP contribution in [0.1, 0.15) is 106 Å². The van der Waals surface area contributed by atoms with Gasteiger partial charge in [-0.15, -0.1) is 0 Å². The van der Waals surface area contributed by atoms with E-state index in [-0.39, 0.29) is 6.10 Å². The maximum atomic E-state index is 10.3. The van der Waals surface area contributed by atoms with Crippen molar-refractivity contribution < 1.29 is 5.11 Å². The Labute approximate surface area is 187 Å². The van der Waals surface area contributed by atoms with Gasteiger partial charge in [0, 0.05) is 0 Å². The van der Waals surface area contributed by atoms with E-state index in [0.29, 0.717) is 16.7 Å². The van der Waals surface area contributed by atoms with Crippen LogP contribution in [-0.2, 0) is 0 Å². The maximum absolute atomic E-state index is 10.3. The molecule has 1 nitrogen and oxygen atoms in total. The molecule has 0 amide bonds. The van der Waals surface area contributed by atoms with Gasteiger partial charge in [-0.1, -0.05) is 66.5 Å². The summed E-state index contributed by atoms with van der Waals surface area (Å²) in [6.45, 7) is 15.1. The molecule has 0 saturated heterocycles. The van der Waals surface area contributed by atoms with Crippen molar-refractivity contribution in [2.24, 2.45) is 58.2 Å². The van der Waals surface area contributed by atoms with Gasteiger partial charge in [0.2, 0.25) is 0 Å². The van der Waals surface area contributed by atoms with Crippen LogP contribution in [0.2, 0.25) is 0 Å². The van der Waals surface area contributed by atoms with Gasteiger partial charge in [-0.25, -0.2) is 0 Å². The molecule has 1 N–H and O–H groups in total. The SMILES string of the molecule is CCC(CCC(C)C1CCC2C3C=CC4CC(O)CCC4(C)C3CCC12C)C(C)C. The molecule has 4 aliphatic carbocycles. The zero-order chi connectivity index (χ0) is 21.7. The van der Waals surface area contributed by atoms with Crippen molar-refractivity contribution in [3.05, 3.63) is 12.2 Å². The van der Waals surface area contributed by atoms with E-state index < -0.39 is 0 Å². The van der Waals surface area contributed by atoms with Crippen molar-refractivity contribution in [2.45, 2.75) is 112 Å². The van der Waals surface area contributed by atoms with Crippen LogP contribution in [-0.4, -0.2) is 11.2 Å². The van der Waals surface area contributed by atoms with Crippen LogP contribution in [0.4, 0.5) is 0 Å². The number of rotatable bonds is 6. The third-order valence-electron chi connectivity index (χ3n) is 11.4. The van der Waals surface area contributed by atoms with E-state index >= 15 is 0 Å². The van der Waals surface area contributed by atoms with E-state index in [1.807, 2.05) is 0 Å². The second-order valence-electron chi connectivity index (χ2n) is 12.9. The summed E-state index contributed by atoms with van der Waals surface area (Å²) in [5, 5.41) is 10.3. The summed E-state index contributed by atoms with van der Waals surface area (Å²) in [6.07, 6.45) is 18.4. The molecule has 0 radical (unpaired) electrons. The Bertz CT molecular complexity index is 622. The lowest BCUT2D eigenvalue weighted by Crippen LogP contribution is -2.52. The lowest BCUT2D eigenvalue weighted by molar-refractivity contribution is -0.0814. The van der Waals surface area contributed by atoms with Crippen LogP contribution in [0.3, 0.4) is 0 Å². The highest BCUT2D eigenvalue weighted by Crippen LogP contribution is 2.67. The molecule has 3 fully saturated rings. The summed E-state index contributed by atoms with van der Waals surface area (Å²) in [6, 6.07) is 0. The van der Waals surface area contributed by atoms with Crippen LogP contribution in [0, 0.1) is 58.2 Å². The summed E-state index contributed by atoms with van der Waals surface area (Å²) < 4.78 is 0. The van der Waals surface area contributed by atoms with Gasteiger partial charge >= 0.3 is 0 Å². The Hall–Kier alpha value is -0.300. The minimum absolute atomic E-state index is 0.0624. The first-order valence-electron chi connectivity index (χ1n) is 13.6. The van der Waals surface area contributed by atoms with Crippen molar-refractivity contribution in [3.8, 4) is 0 Å². The lowest BCUT2D eigenvalue weighted by Gasteiger charge is -2.59. The topological polar surface area (TPSA) is 20.2 Å². The summed E-state index contributed by atoms with van der Waals surface area (Å²) in [4.78, 5) is 0.